The third-order valence-corrected chi connectivity index (χ3v) is 2.42. The molecule has 2 aliphatic heterocycles. The predicted octanol–water partition coefficient (Wildman–Crippen LogP) is 2.45. The molecule has 2 nitrogen and oxygen atoms in total. The van der Waals surface area contributed by atoms with Crippen LogP contribution in [-0.2, 0) is 0 Å². The Labute approximate surface area is 82.6 Å². The van der Waals surface area contributed by atoms with Gasteiger partial charge in [-0.3, -0.25) is 0 Å². The predicted molar refractivity (Wildman–Crippen MR) is 58.4 cm³/mol. The summed E-state index contributed by atoms with van der Waals surface area (Å²) in [5.41, 5.74) is 4.65. The van der Waals surface area contributed by atoms with Gasteiger partial charge in [-0.2, -0.15) is 0 Å². The Hall–Kier alpha value is -1.96. The molecule has 68 valence electrons. The van der Waals surface area contributed by atoms with E-state index in [0.717, 1.165) is 11.4 Å². The van der Waals surface area contributed by atoms with Gasteiger partial charge in [0, 0.05) is 17.5 Å². The van der Waals surface area contributed by atoms with Gasteiger partial charge < -0.3 is 10.6 Å². The van der Waals surface area contributed by atoms with Crippen LogP contribution in [0.3, 0.4) is 0 Å². The summed E-state index contributed by atoms with van der Waals surface area (Å²) in [5.74, 6) is 0. The molecule has 0 fully saturated rings. The third kappa shape index (κ3) is 1.04. The van der Waals surface area contributed by atoms with Crippen molar-refractivity contribution in [3.05, 3.63) is 59.6 Å². The molecule has 0 saturated carbocycles. The Balaban J connectivity index is 2.15. The average molecular weight is 182 g/mol. The van der Waals surface area contributed by atoms with Gasteiger partial charge in [0.25, 0.3) is 0 Å². The van der Waals surface area contributed by atoms with Gasteiger partial charge in [-0.05, 0) is 24.3 Å². The summed E-state index contributed by atoms with van der Waals surface area (Å²) in [6.45, 7) is 0. The quantitative estimate of drug-likeness (QED) is 0.644. The molecular weight excluding hydrogens is 172 g/mol. The second-order valence-electron chi connectivity index (χ2n) is 3.35. The first-order valence-corrected chi connectivity index (χ1v) is 4.65. The Morgan fingerprint density at radius 1 is 1.00 bits per heavy atom. The Bertz CT molecular complexity index is 467. The number of allylic oxidation sites excluding steroid dienone is 2. The van der Waals surface area contributed by atoms with Crippen LogP contribution in [0, 0.1) is 0 Å². The molecule has 2 N–H and O–H groups in total. The lowest BCUT2D eigenvalue weighted by atomic mass is 10.0. The second kappa shape index (κ2) is 2.77. The standard InChI is InChI=1S/C12H10N2/c1-2-5-10-9(4-1)8-12-11(14-10)6-3-7-13-12/h1-8,13-14H. The van der Waals surface area contributed by atoms with Crippen molar-refractivity contribution in [3.63, 3.8) is 0 Å². The first-order chi connectivity index (χ1) is 6.93. The van der Waals surface area contributed by atoms with Crippen LogP contribution < -0.4 is 10.6 Å². The maximum absolute atomic E-state index is 3.38. The third-order valence-electron chi connectivity index (χ3n) is 2.42. The minimum absolute atomic E-state index is 1.13. The molecule has 14 heavy (non-hydrogen) atoms. The molecule has 2 heteroatoms. The Kier molecular flexibility index (Phi) is 1.47. The van der Waals surface area contributed by atoms with Gasteiger partial charge in [0.15, 0.2) is 0 Å². The normalized spacial score (nSPS) is 16.9. The van der Waals surface area contributed by atoms with Crippen LogP contribution in [0.5, 0.6) is 0 Å². The molecule has 3 rings (SSSR count). The minimum Gasteiger partial charge on any atom is -0.360 e. The van der Waals surface area contributed by atoms with E-state index in [2.05, 4.69) is 34.9 Å². The molecule has 0 saturated heterocycles. The van der Waals surface area contributed by atoms with Gasteiger partial charge in [-0.1, -0.05) is 18.2 Å². The zero-order valence-electron chi connectivity index (χ0n) is 7.62. The molecule has 1 aromatic carbocycles. The maximum Gasteiger partial charge on any atom is 0.0625 e. The summed E-state index contributed by atoms with van der Waals surface area (Å²) >= 11 is 0. The lowest BCUT2D eigenvalue weighted by Crippen LogP contribution is -2.19. The van der Waals surface area contributed by atoms with Crippen LogP contribution in [-0.4, -0.2) is 0 Å². The SMILES string of the molecule is C1=CNC2=Cc3ccccc3NC2=C1. The van der Waals surface area contributed by atoms with E-state index in [0.29, 0.717) is 0 Å². The van der Waals surface area contributed by atoms with Crippen LogP contribution >= 0.6 is 0 Å². The van der Waals surface area contributed by atoms with Crippen molar-refractivity contribution in [2.45, 2.75) is 0 Å². The molecule has 0 amide bonds. The Morgan fingerprint density at radius 2 is 1.93 bits per heavy atom. The summed E-state index contributed by atoms with van der Waals surface area (Å²) in [5, 5.41) is 6.59. The summed E-state index contributed by atoms with van der Waals surface area (Å²) in [6.07, 6.45) is 8.15. The smallest absolute Gasteiger partial charge is 0.0625 e. The summed E-state index contributed by atoms with van der Waals surface area (Å²) < 4.78 is 0. The van der Waals surface area contributed by atoms with Gasteiger partial charge in [-0.25, -0.2) is 0 Å². The van der Waals surface area contributed by atoms with Crippen LogP contribution in [0.15, 0.2) is 54.0 Å². The van der Waals surface area contributed by atoms with Crippen molar-refractivity contribution in [2.24, 2.45) is 0 Å². The fourth-order valence-electron chi connectivity index (χ4n) is 1.72. The van der Waals surface area contributed by atoms with Crippen molar-refractivity contribution in [1.29, 1.82) is 0 Å². The van der Waals surface area contributed by atoms with E-state index in [-0.39, 0.29) is 0 Å². The summed E-state index contributed by atoms with van der Waals surface area (Å²) in [6, 6.07) is 8.27. The number of para-hydroxylation sites is 1. The van der Waals surface area contributed by atoms with E-state index < -0.39 is 0 Å². The number of anilines is 1. The molecule has 0 unspecified atom stereocenters. The number of benzene rings is 1. The average Bonchev–Trinajstić information content (AvgIpc) is 2.26. The van der Waals surface area contributed by atoms with Crippen LogP contribution in [0.1, 0.15) is 5.56 Å². The second-order valence-corrected chi connectivity index (χ2v) is 3.35. The van der Waals surface area contributed by atoms with Crippen molar-refractivity contribution >= 4 is 11.8 Å². The highest BCUT2D eigenvalue weighted by Gasteiger charge is 2.13. The van der Waals surface area contributed by atoms with E-state index >= 15 is 0 Å². The monoisotopic (exact) mass is 182 g/mol. The Morgan fingerprint density at radius 3 is 2.93 bits per heavy atom. The number of nitrogens with one attached hydrogen (secondary N) is 2. The molecular formula is C12H10N2. The lowest BCUT2D eigenvalue weighted by molar-refractivity contribution is 1.05. The van der Waals surface area contributed by atoms with Crippen LogP contribution in [0.4, 0.5) is 5.69 Å². The highest BCUT2D eigenvalue weighted by Crippen LogP contribution is 2.28. The van der Waals surface area contributed by atoms with Gasteiger partial charge in [0.05, 0.1) is 11.4 Å². The molecule has 0 aromatic heterocycles. The van der Waals surface area contributed by atoms with Gasteiger partial charge in [-0.15, -0.1) is 0 Å². The number of fused-ring (bicyclic) bond motifs is 2. The lowest BCUT2D eigenvalue weighted by Gasteiger charge is -2.23. The van der Waals surface area contributed by atoms with Gasteiger partial charge in [0.2, 0.25) is 0 Å². The summed E-state index contributed by atoms with van der Waals surface area (Å²) in [4.78, 5) is 0. The maximum atomic E-state index is 3.38. The minimum atomic E-state index is 1.13. The van der Waals surface area contributed by atoms with Crippen molar-refractivity contribution in [2.75, 3.05) is 5.32 Å². The molecule has 0 aliphatic carbocycles. The fourth-order valence-corrected chi connectivity index (χ4v) is 1.72. The molecule has 0 bridgehead atoms. The molecule has 1 aromatic rings. The molecule has 2 aliphatic rings. The fraction of sp³-hybridized carbons (Fsp3) is 0. The van der Waals surface area contributed by atoms with Crippen LogP contribution in [0.2, 0.25) is 0 Å². The van der Waals surface area contributed by atoms with E-state index in [1.807, 2.05) is 24.4 Å². The number of dihydropyridines is 1. The van der Waals surface area contributed by atoms with Crippen molar-refractivity contribution in [1.82, 2.24) is 5.32 Å². The summed E-state index contributed by atoms with van der Waals surface area (Å²) in [7, 11) is 0. The zero-order chi connectivity index (χ0) is 9.38. The van der Waals surface area contributed by atoms with Crippen molar-refractivity contribution in [3.8, 4) is 0 Å². The molecule has 2 heterocycles. The highest BCUT2D eigenvalue weighted by molar-refractivity contribution is 5.78. The van der Waals surface area contributed by atoms with E-state index in [4.69, 9.17) is 0 Å². The van der Waals surface area contributed by atoms with E-state index in [1.54, 1.807) is 0 Å². The van der Waals surface area contributed by atoms with E-state index in [1.165, 1.54) is 11.3 Å². The first kappa shape index (κ1) is 7.44. The van der Waals surface area contributed by atoms with E-state index in [9.17, 15) is 0 Å². The number of rotatable bonds is 0. The van der Waals surface area contributed by atoms with Crippen molar-refractivity contribution < 1.29 is 0 Å². The first-order valence-electron chi connectivity index (χ1n) is 4.65. The molecule has 0 spiro atoms. The molecule has 0 atom stereocenters. The largest absolute Gasteiger partial charge is 0.360 e. The van der Waals surface area contributed by atoms with Gasteiger partial charge in [0.1, 0.15) is 0 Å². The number of hydrogen-bond donors (Lipinski definition) is 2. The van der Waals surface area contributed by atoms with Gasteiger partial charge >= 0.3 is 0 Å². The number of hydrogen-bond acceptors (Lipinski definition) is 2. The molecule has 0 radical (unpaired) electrons. The van der Waals surface area contributed by atoms with Crippen LogP contribution in [0.25, 0.3) is 6.08 Å². The highest BCUT2D eigenvalue weighted by atomic mass is 15.0. The topological polar surface area (TPSA) is 24.1 Å². The zero-order valence-corrected chi connectivity index (χ0v) is 7.62.